The van der Waals surface area contributed by atoms with E-state index in [1.165, 1.54) is 17.5 Å². The van der Waals surface area contributed by atoms with Gasteiger partial charge in [-0.3, -0.25) is 0 Å². The molecule has 3 rings (SSSR count). The van der Waals surface area contributed by atoms with Gasteiger partial charge in [0.1, 0.15) is 5.82 Å². The highest BCUT2D eigenvalue weighted by Crippen LogP contribution is 2.40. The largest absolute Gasteiger partial charge is 0.207 e. The minimum Gasteiger partial charge on any atom is -0.207 e. The van der Waals surface area contributed by atoms with Gasteiger partial charge in [-0.25, -0.2) is 4.39 Å². The molecule has 0 spiro atoms. The van der Waals surface area contributed by atoms with Gasteiger partial charge in [-0.05, 0) is 40.1 Å². The summed E-state index contributed by atoms with van der Waals surface area (Å²) < 4.78 is 15.1. The molecule has 0 aliphatic rings. The Morgan fingerprint density at radius 3 is 2.14 bits per heavy atom. The third-order valence-corrected chi connectivity index (χ3v) is 5.78. The van der Waals surface area contributed by atoms with Gasteiger partial charge in [-0.1, -0.05) is 84.2 Å². The first-order chi connectivity index (χ1) is 10.1. The predicted octanol–water partition coefficient (Wildman–Crippen LogP) is 6.99. The molecule has 0 aromatic heterocycles. The average molecular weight is 473 g/mol. The van der Waals surface area contributed by atoms with Crippen molar-refractivity contribution in [2.75, 3.05) is 0 Å². The van der Waals surface area contributed by atoms with E-state index in [0.29, 0.717) is 0 Å². The Labute approximate surface area is 147 Å². The number of hydrogen-bond acceptors (Lipinski definition) is 0. The minimum absolute atomic E-state index is 0.00882. The van der Waals surface area contributed by atoms with Crippen molar-refractivity contribution in [1.29, 1.82) is 0 Å². The van der Waals surface area contributed by atoms with Gasteiger partial charge in [-0.2, -0.15) is 0 Å². The number of halogens is 4. The van der Waals surface area contributed by atoms with Crippen LogP contribution in [0, 0.1) is 5.82 Å². The third-order valence-electron chi connectivity index (χ3n) is 3.41. The average Bonchev–Trinajstić information content (AvgIpc) is 2.47. The SMILES string of the molecule is Fc1ccc(C(Br)c2ccc(Br)c3ccccc23)c(Br)c1. The van der Waals surface area contributed by atoms with Crippen molar-refractivity contribution in [2.45, 2.75) is 4.83 Å². The number of benzene rings is 3. The van der Waals surface area contributed by atoms with E-state index >= 15 is 0 Å². The molecule has 0 fully saturated rings. The molecule has 106 valence electrons. The molecule has 0 radical (unpaired) electrons. The van der Waals surface area contributed by atoms with Gasteiger partial charge >= 0.3 is 0 Å². The quantitative estimate of drug-likeness (QED) is 0.353. The molecule has 3 aromatic carbocycles. The van der Waals surface area contributed by atoms with Gasteiger partial charge in [0.25, 0.3) is 0 Å². The van der Waals surface area contributed by atoms with Crippen molar-refractivity contribution in [3.05, 3.63) is 80.5 Å². The van der Waals surface area contributed by atoms with E-state index in [0.717, 1.165) is 25.5 Å². The van der Waals surface area contributed by atoms with E-state index in [4.69, 9.17) is 0 Å². The number of rotatable bonds is 2. The van der Waals surface area contributed by atoms with Gasteiger partial charge in [-0.15, -0.1) is 0 Å². The van der Waals surface area contributed by atoms with Crippen molar-refractivity contribution < 1.29 is 4.39 Å². The fraction of sp³-hybridized carbons (Fsp3) is 0.0588. The molecular weight excluding hydrogens is 463 g/mol. The molecular formula is C17H10Br3F. The summed E-state index contributed by atoms with van der Waals surface area (Å²) >= 11 is 10.8. The smallest absolute Gasteiger partial charge is 0.124 e. The molecule has 0 N–H and O–H groups in total. The number of hydrogen-bond donors (Lipinski definition) is 0. The number of fused-ring (bicyclic) bond motifs is 1. The second-order valence-corrected chi connectivity index (χ2v) is 7.33. The van der Waals surface area contributed by atoms with Crippen LogP contribution in [0.3, 0.4) is 0 Å². The highest BCUT2D eigenvalue weighted by atomic mass is 79.9. The molecule has 0 nitrogen and oxygen atoms in total. The zero-order valence-corrected chi connectivity index (χ0v) is 15.5. The summed E-state index contributed by atoms with van der Waals surface area (Å²) in [6.07, 6.45) is 0. The first kappa shape index (κ1) is 15.2. The van der Waals surface area contributed by atoms with Gasteiger partial charge in [0, 0.05) is 8.95 Å². The van der Waals surface area contributed by atoms with E-state index in [1.54, 1.807) is 6.07 Å². The number of alkyl halides is 1. The standard InChI is InChI=1S/C17H10Br3F/c18-15-8-7-13(11-3-1-2-4-12(11)15)17(20)14-6-5-10(21)9-16(14)19/h1-9,17H. The van der Waals surface area contributed by atoms with Crippen molar-refractivity contribution in [1.82, 2.24) is 0 Å². The molecule has 1 unspecified atom stereocenters. The third kappa shape index (κ3) is 2.94. The molecule has 0 saturated heterocycles. The Hall–Kier alpha value is -0.710. The van der Waals surface area contributed by atoms with Crippen LogP contribution >= 0.6 is 47.8 Å². The fourth-order valence-electron chi connectivity index (χ4n) is 2.38. The lowest BCUT2D eigenvalue weighted by atomic mass is 9.98. The van der Waals surface area contributed by atoms with Gasteiger partial charge in [0.05, 0.1) is 4.83 Å². The Bertz CT molecular complexity index is 814. The van der Waals surface area contributed by atoms with E-state index in [9.17, 15) is 4.39 Å². The van der Waals surface area contributed by atoms with Crippen LogP contribution in [0.5, 0.6) is 0 Å². The molecule has 0 heterocycles. The van der Waals surface area contributed by atoms with Crippen LogP contribution in [0.15, 0.2) is 63.5 Å². The van der Waals surface area contributed by atoms with Crippen molar-refractivity contribution in [3.8, 4) is 0 Å². The summed E-state index contributed by atoms with van der Waals surface area (Å²) in [5.41, 5.74) is 2.16. The molecule has 21 heavy (non-hydrogen) atoms. The van der Waals surface area contributed by atoms with Crippen molar-refractivity contribution >= 4 is 58.6 Å². The predicted molar refractivity (Wildman–Crippen MR) is 96.5 cm³/mol. The molecule has 0 amide bonds. The van der Waals surface area contributed by atoms with Crippen molar-refractivity contribution in [2.24, 2.45) is 0 Å². The topological polar surface area (TPSA) is 0 Å². The molecule has 3 aromatic rings. The summed E-state index contributed by atoms with van der Waals surface area (Å²) in [6, 6.07) is 17.1. The normalized spacial score (nSPS) is 12.6. The maximum atomic E-state index is 13.3. The summed E-state index contributed by atoms with van der Waals surface area (Å²) in [7, 11) is 0. The maximum Gasteiger partial charge on any atom is 0.124 e. The maximum absolute atomic E-state index is 13.3. The van der Waals surface area contributed by atoms with E-state index in [1.807, 2.05) is 18.2 Å². The molecule has 4 heteroatoms. The molecule has 0 aliphatic heterocycles. The summed E-state index contributed by atoms with van der Waals surface area (Å²) in [5, 5.41) is 2.34. The first-order valence-corrected chi connectivity index (χ1v) is 8.84. The summed E-state index contributed by atoms with van der Waals surface area (Å²) in [6.45, 7) is 0. The second-order valence-electron chi connectivity index (χ2n) is 4.71. The van der Waals surface area contributed by atoms with Gasteiger partial charge in [0.15, 0.2) is 0 Å². The Kier molecular flexibility index (Phi) is 4.48. The minimum atomic E-state index is -0.244. The summed E-state index contributed by atoms with van der Waals surface area (Å²) in [5.74, 6) is -0.244. The molecule has 0 bridgehead atoms. The van der Waals surface area contributed by atoms with Gasteiger partial charge in [0.2, 0.25) is 0 Å². The van der Waals surface area contributed by atoms with Crippen LogP contribution in [0.1, 0.15) is 16.0 Å². The Morgan fingerprint density at radius 2 is 1.43 bits per heavy atom. The fourth-order valence-corrected chi connectivity index (χ4v) is 4.54. The zero-order valence-electron chi connectivity index (χ0n) is 10.8. The molecule has 1 atom stereocenters. The molecule has 0 saturated carbocycles. The van der Waals surface area contributed by atoms with Crippen LogP contribution in [-0.4, -0.2) is 0 Å². The summed E-state index contributed by atoms with van der Waals surface area (Å²) in [4.78, 5) is -0.00882. The Balaban J connectivity index is 2.18. The van der Waals surface area contributed by atoms with Crippen LogP contribution in [-0.2, 0) is 0 Å². The lowest BCUT2D eigenvalue weighted by Gasteiger charge is -2.16. The van der Waals surface area contributed by atoms with E-state index in [-0.39, 0.29) is 10.6 Å². The monoisotopic (exact) mass is 470 g/mol. The highest BCUT2D eigenvalue weighted by Gasteiger charge is 2.17. The lowest BCUT2D eigenvalue weighted by Crippen LogP contribution is -1.96. The second kappa shape index (κ2) is 6.19. The zero-order chi connectivity index (χ0) is 15.0. The van der Waals surface area contributed by atoms with Crippen LogP contribution in [0.4, 0.5) is 4.39 Å². The van der Waals surface area contributed by atoms with Crippen LogP contribution in [0.25, 0.3) is 10.8 Å². The van der Waals surface area contributed by atoms with Crippen LogP contribution < -0.4 is 0 Å². The van der Waals surface area contributed by atoms with E-state index in [2.05, 4.69) is 66.0 Å². The Morgan fingerprint density at radius 1 is 0.762 bits per heavy atom. The van der Waals surface area contributed by atoms with Crippen molar-refractivity contribution in [3.63, 3.8) is 0 Å². The lowest BCUT2D eigenvalue weighted by molar-refractivity contribution is 0.626. The van der Waals surface area contributed by atoms with Gasteiger partial charge < -0.3 is 0 Å². The van der Waals surface area contributed by atoms with Crippen LogP contribution in [0.2, 0.25) is 0 Å². The first-order valence-electron chi connectivity index (χ1n) is 6.34. The van der Waals surface area contributed by atoms with E-state index < -0.39 is 0 Å². The molecule has 0 aliphatic carbocycles. The highest BCUT2D eigenvalue weighted by molar-refractivity contribution is 9.11.